The van der Waals surface area contributed by atoms with Crippen molar-refractivity contribution >= 4 is 5.71 Å². The van der Waals surface area contributed by atoms with Crippen molar-refractivity contribution in [2.75, 3.05) is 0 Å². The normalized spacial score (nSPS) is 30.8. The van der Waals surface area contributed by atoms with E-state index in [2.05, 4.69) is 52.2 Å². The van der Waals surface area contributed by atoms with Crippen LogP contribution in [0.15, 0.2) is 39.7 Å². The van der Waals surface area contributed by atoms with Crippen molar-refractivity contribution in [3.63, 3.8) is 0 Å². The lowest BCUT2D eigenvalue weighted by Gasteiger charge is -2.09. The molecule has 0 amide bonds. The Kier molecular flexibility index (Phi) is 3.23. The van der Waals surface area contributed by atoms with Crippen LogP contribution in [0.3, 0.4) is 0 Å². The highest BCUT2D eigenvalue weighted by atomic mass is 14.9. The van der Waals surface area contributed by atoms with Crippen LogP contribution in [-0.4, -0.2) is 11.8 Å². The number of allylic oxidation sites excluding steroid dienone is 3. The highest BCUT2D eigenvalue weighted by Gasteiger charge is 2.22. The largest absolute Gasteiger partial charge is 0.364 e. The number of aliphatic imine (C=N–C) groups is 1. The van der Waals surface area contributed by atoms with Gasteiger partial charge in [-0.2, -0.15) is 0 Å². The number of hydrogen-bond donors (Lipinski definition) is 1. The van der Waals surface area contributed by atoms with E-state index in [9.17, 15) is 0 Å². The molecule has 0 aromatic carbocycles. The first-order chi connectivity index (χ1) is 8.04. The number of nitrogens with zero attached hydrogens (tertiary/aromatic N) is 1. The van der Waals surface area contributed by atoms with Gasteiger partial charge >= 0.3 is 0 Å². The van der Waals surface area contributed by atoms with E-state index >= 15 is 0 Å². The summed E-state index contributed by atoms with van der Waals surface area (Å²) >= 11 is 0. The molecule has 2 heteroatoms. The smallest absolute Gasteiger partial charge is 0.0691 e. The SMILES string of the molecule is CCC1=C(C)C(C)N=C1C=C1NC=C(C)C1C. The van der Waals surface area contributed by atoms with Gasteiger partial charge in [-0.15, -0.1) is 0 Å². The Balaban J connectivity index is 2.27. The van der Waals surface area contributed by atoms with Gasteiger partial charge in [0, 0.05) is 17.8 Å². The second-order valence-electron chi connectivity index (χ2n) is 5.06. The van der Waals surface area contributed by atoms with Crippen LogP contribution in [0.25, 0.3) is 0 Å². The molecule has 0 fully saturated rings. The molecular formula is C15H22N2. The van der Waals surface area contributed by atoms with Gasteiger partial charge < -0.3 is 5.32 Å². The maximum absolute atomic E-state index is 4.75. The zero-order valence-electron chi connectivity index (χ0n) is 11.5. The van der Waals surface area contributed by atoms with E-state index in [0.717, 1.165) is 6.42 Å². The molecule has 0 aromatic rings. The highest BCUT2D eigenvalue weighted by molar-refractivity contribution is 6.11. The van der Waals surface area contributed by atoms with Gasteiger partial charge in [-0.1, -0.05) is 13.8 Å². The molecule has 0 aliphatic carbocycles. The third kappa shape index (κ3) is 2.08. The van der Waals surface area contributed by atoms with Crippen molar-refractivity contribution in [2.24, 2.45) is 10.9 Å². The predicted molar refractivity (Wildman–Crippen MR) is 74.0 cm³/mol. The van der Waals surface area contributed by atoms with Crippen LogP contribution < -0.4 is 5.32 Å². The van der Waals surface area contributed by atoms with Crippen LogP contribution in [0.1, 0.15) is 41.0 Å². The van der Waals surface area contributed by atoms with Crippen molar-refractivity contribution in [1.82, 2.24) is 5.32 Å². The Hall–Kier alpha value is -1.31. The standard InChI is InChI=1S/C15H22N2/c1-6-13-11(4)12(5)17-15(13)7-14-10(3)9(2)8-16-14/h7-8,10,12,16H,6H2,1-5H3. The van der Waals surface area contributed by atoms with Gasteiger partial charge in [-0.05, 0) is 50.0 Å². The van der Waals surface area contributed by atoms with E-state index < -0.39 is 0 Å². The Morgan fingerprint density at radius 1 is 1.35 bits per heavy atom. The monoisotopic (exact) mass is 230 g/mol. The second-order valence-corrected chi connectivity index (χ2v) is 5.06. The maximum Gasteiger partial charge on any atom is 0.0691 e. The quantitative estimate of drug-likeness (QED) is 0.770. The molecule has 17 heavy (non-hydrogen) atoms. The molecule has 2 unspecified atom stereocenters. The molecule has 1 N–H and O–H groups in total. The third-order valence-corrected chi connectivity index (χ3v) is 4.01. The van der Waals surface area contributed by atoms with Crippen LogP contribution in [0, 0.1) is 5.92 Å². The summed E-state index contributed by atoms with van der Waals surface area (Å²) in [5, 5.41) is 3.35. The lowest BCUT2D eigenvalue weighted by Crippen LogP contribution is -2.08. The van der Waals surface area contributed by atoms with Crippen molar-refractivity contribution < 1.29 is 0 Å². The molecule has 2 atom stereocenters. The molecule has 2 aliphatic heterocycles. The lowest BCUT2D eigenvalue weighted by atomic mass is 9.98. The molecule has 0 bridgehead atoms. The topological polar surface area (TPSA) is 24.4 Å². The van der Waals surface area contributed by atoms with Gasteiger partial charge in [0.05, 0.1) is 11.8 Å². The van der Waals surface area contributed by atoms with E-state index in [1.807, 2.05) is 0 Å². The first-order valence-electron chi connectivity index (χ1n) is 6.47. The Bertz CT molecular complexity index is 450. The number of nitrogens with one attached hydrogen (secondary N) is 1. The fourth-order valence-electron chi connectivity index (χ4n) is 2.43. The van der Waals surface area contributed by atoms with Crippen LogP contribution in [0.5, 0.6) is 0 Å². The van der Waals surface area contributed by atoms with Gasteiger partial charge in [-0.25, -0.2) is 0 Å². The molecule has 0 spiro atoms. The minimum Gasteiger partial charge on any atom is -0.364 e. The first-order valence-corrected chi connectivity index (χ1v) is 6.47. The van der Waals surface area contributed by atoms with Crippen LogP contribution in [0.2, 0.25) is 0 Å². The van der Waals surface area contributed by atoms with Crippen LogP contribution in [0.4, 0.5) is 0 Å². The van der Waals surface area contributed by atoms with E-state index in [-0.39, 0.29) is 0 Å². The van der Waals surface area contributed by atoms with Crippen molar-refractivity contribution in [3.05, 3.63) is 34.7 Å². The van der Waals surface area contributed by atoms with Gasteiger partial charge in [0.2, 0.25) is 0 Å². The van der Waals surface area contributed by atoms with Crippen molar-refractivity contribution in [2.45, 2.75) is 47.1 Å². The van der Waals surface area contributed by atoms with Gasteiger partial charge in [0.1, 0.15) is 0 Å². The average molecular weight is 230 g/mol. The number of rotatable bonds is 2. The molecular weight excluding hydrogens is 208 g/mol. The number of hydrogen-bond acceptors (Lipinski definition) is 2. The van der Waals surface area contributed by atoms with Gasteiger partial charge in [0.25, 0.3) is 0 Å². The summed E-state index contributed by atoms with van der Waals surface area (Å²) in [6.45, 7) is 11.0. The van der Waals surface area contributed by atoms with E-state index in [4.69, 9.17) is 4.99 Å². The highest BCUT2D eigenvalue weighted by Crippen LogP contribution is 2.28. The molecule has 0 aromatic heterocycles. The molecule has 2 rings (SSSR count). The fourth-order valence-corrected chi connectivity index (χ4v) is 2.43. The van der Waals surface area contributed by atoms with E-state index in [1.165, 1.54) is 28.1 Å². The molecule has 2 aliphatic rings. The Morgan fingerprint density at radius 3 is 2.59 bits per heavy atom. The Labute approximate surface area is 104 Å². The van der Waals surface area contributed by atoms with Crippen molar-refractivity contribution in [1.29, 1.82) is 0 Å². The van der Waals surface area contributed by atoms with Crippen LogP contribution in [-0.2, 0) is 0 Å². The fraction of sp³-hybridized carbons (Fsp3) is 0.533. The van der Waals surface area contributed by atoms with Crippen molar-refractivity contribution in [3.8, 4) is 0 Å². The molecule has 2 nitrogen and oxygen atoms in total. The minimum absolute atomic E-state index is 0.350. The molecule has 2 heterocycles. The zero-order valence-corrected chi connectivity index (χ0v) is 11.5. The predicted octanol–water partition coefficient (Wildman–Crippen LogP) is 3.58. The second kappa shape index (κ2) is 4.52. The van der Waals surface area contributed by atoms with Crippen LogP contribution >= 0.6 is 0 Å². The summed E-state index contributed by atoms with van der Waals surface area (Å²) < 4.78 is 0. The molecule has 0 saturated heterocycles. The molecule has 0 radical (unpaired) electrons. The summed E-state index contributed by atoms with van der Waals surface area (Å²) in [5.41, 5.74) is 6.68. The molecule has 0 saturated carbocycles. The average Bonchev–Trinajstić information content (AvgIpc) is 2.74. The molecule has 92 valence electrons. The Morgan fingerprint density at radius 2 is 2.06 bits per heavy atom. The van der Waals surface area contributed by atoms with Gasteiger partial charge in [0.15, 0.2) is 0 Å². The zero-order chi connectivity index (χ0) is 12.6. The minimum atomic E-state index is 0.350. The third-order valence-electron chi connectivity index (χ3n) is 4.01. The van der Waals surface area contributed by atoms with E-state index in [1.54, 1.807) is 0 Å². The first kappa shape index (κ1) is 12.2. The summed E-state index contributed by atoms with van der Waals surface area (Å²) in [5.74, 6) is 0.493. The summed E-state index contributed by atoms with van der Waals surface area (Å²) in [4.78, 5) is 4.75. The lowest BCUT2D eigenvalue weighted by molar-refractivity contribution is 0.804. The summed E-state index contributed by atoms with van der Waals surface area (Å²) in [6.07, 6.45) is 5.39. The summed E-state index contributed by atoms with van der Waals surface area (Å²) in [7, 11) is 0. The summed E-state index contributed by atoms with van der Waals surface area (Å²) in [6, 6.07) is 0.350. The van der Waals surface area contributed by atoms with E-state index in [0.29, 0.717) is 12.0 Å². The maximum atomic E-state index is 4.75. The van der Waals surface area contributed by atoms with Gasteiger partial charge in [-0.3, -0.25) is 4.99 Å².